The van der Waals surface area contributed by atoms with Crippen molar-refractivity contribution in [3.8, 4) is 5.75 Å². The van der Waals surface area contributed by atoms with Gasteiger partial charge >= 0.3 is 0 Å². The molecule has 0 spiro atoms. The van der Waals surface area contributed by atoms with Crippen LogP contribution >= 0.6 is 15.9 Å². The number of rotatable bonds is 5. The first kappa shape index (κ1) is 15.9. The fourth-order valence-electron chi connectivity index (χ4n) is 2.04. The summed E-state index contributed by atoms with van der Waals surface area (Å²) in [6.45, 7) is 1.72. The predicted molar refractivity (Wildman–Crippen MR) is 82.2 cm³/mol. The number of benzene rings is 2. The van der Waals surface area contributed by atoms with E-state index in [2.05, 4.69) is 15.9 Å². The van der Waals surface area contributed by atoms with E-state index in [-0.39, 0.29) is 18.2 Å². The lowest BCUT2D eigenvalue weighted by molar-refractivity contribution is 0.287. The zero-order chi connectivity index (χ0) is 15.4. The molecule has 0 amide bonds. The van der Waals surface area contributed by atoms with E-state index in [4.69, 9.17) is 10.5 Å². The van der Waals surface area contributed by atoms with Crippen molar-refractivity contribution >= 4 is 15.9 Å². The molecule has 2 aromatic rings. The van der Waals surface area contributed by atoms with Gasteiger partial charge in [0.15, 0.2) is 0 Å². The van der Waals surface area contributed by atoms with Crippen LogP contribution in [0.2, 0.25) is 0 Å². The highest BCUT2D eigenvalue weighted by molar-refractivity contribution is 9.10. The summed E-state index contributed by atoms with van der Waals surface area (Å²) in [7, 11) is 0. The molecule has 2 N–H and O–H groups in total. The van der Waals surface area contributed by atoms with E-state index in [1.807, 2.05) is 25.1 Å². The predicted octanol–water partition coefficient (Wildman–Crippen LogP) is 4.20. The van der Waals surface area contributed by atoms with Gasteiger partial charge in [0.2, 0.25) is 0 Å². The average Bonchev–Trinajstić information content (AvgIpc) is 2.40. The topological polar surface area (TPSA) is 35.2 Å². The Balaban J connectivity index is 2.24. The van der Waals surface area contributed by atoms with Gasteiger partial charge in [-0.05, 0) is 53.0 Å². The Morgan fingerprint density at radius 2 is 1.76 bits per heavy atom. The normalized spacial score (nSPS) is 12.2. The average molecular weight is 356 g/mol. The van der Waals surface area contributed by atoms with Gasteiger partial charge in [-0.25, -0.2) is 8.78 Å². The molecule has 0 heterocycles. The molecule has 0 aliphatic heterocycles. The number of hydrogen-bond donors (Lipinski definition) is 1. The summed E-state index contributed by atoms with van der Waals surface area (Å²) >= 11 is 3.39. The smallest absolute Gasteiger partial charge is 0.137 e. The minimum Gasteiger partial charge on any atom is -0.487 e. The molecule has 0 bridgehead atoms. The van der Waals surface area contributed by atoms with Crippen LogP contribution < -0.4 is 10.5 Å². The molecule has 0 saturated carbocycles. The van der Waals surface area contributed by atoms with Gasteiger partial charge in [0, 0.05) is 6.04 Å². The van der Waals surface area contributed by atoms with E-state index in [1.54, 1.807) is 0 Å². The van der Waals surface area contributed by atoms with Crippen LogP contribution in [0.15, 0.2) is 40.9 Å². The van der Waals surface area contributed by atoms with E-state index in [0.29, 0.717) is 12.2 Å². The largest absolute Gasteiger partial charge is 0.487 e. The molecule has 2 nitrogen and oxygen atoms in total. The molecule has 5 heteroatoms. The van der Waals surface area contributed by atoms with Crippen LogP contribution in [0.4, 0.5) is 8.78 Å². The van der Waals surface area contributed by atoms with Crippen LogP contribution in [0.5, 0.6) is 5.75 Å². The second-order valence-electron chi connectivity index (χ2n) is 4.90. The monoisotopic (exact) mass is 355 g/mol. The minimum atomic E-state index is -0.615. The van der Waals surface area contributed by atoms with Gasteiger partial charge in [0.05, 0.1) is 10.0 Å². The maximum absolute atomic E-state index is 13.6. The van der Waals surface area contributed by atoms with Crippen molar-refractivity contribution in [3.63, 3.8) is 0 Å². The van der Waals surface area contributed by atoms with E-state index in [0.717, 1.165) is 10.0 Å². The van der Waals surface area contributed by atoms with E-state index in [1.165, 1.54) is 18.2 Å². The second-order valence-corrected chi connectivity index (χ2v) is 5.75. The Kier molecular flexibility index (Phi) is 5.31. The van der Waals surface area contributed by atoms with Crippen molar-refractivity contribution in [2.75, 3.05) is 0 Å². The third-order valence-corrected chi connectivity index (χ3v) is 3.64. The van der Waals surface area contributed by atoms with Gasteiger partial charge in [-0.15, -0.1) is 0 Å². The molecular formula is C16H16BrF2NO. The molecule has 112 valence electrons. The quantitative estimate of drug-likeness (QED) is 0.872. The molecule has 0 aliphatic carbocycles. The molecule has 0 fully saturated rings. The molecule has 0 saturated heterocycles. The van der Waals surface area contributed by atoms with E-state index < -0.39 is 11.6 Å². The number of ether oxygens (including phenoxy) is 1. The Morgan fingerprint density at radius 3 is 2.38 bits per heavy atom. The van der Waals surface area contributed by atoms with Crippen molar-refractivity contribution in [3.05, 3.63) is 63.6 Å². The van der Waals surface area contributed by atoms with E-state index in [9.17, 15) is 8.78 Å². The number of para-hydroxylation sites is 1. The Morgan fingerprint density at radius 1 is 1.14 bits per heavy atom. The van der Waals surface area contributed by atoms with Crippen molar-refractivity contribution < 1.29 is 13.5 Å². The number of halogens is 3. The molecule has 0 radical (unpaired) electrons. The second kappa shape index (κ2) is 7.00. The lowest BCUT2D eigenvalue weighted by Crippen LogP contribution is -2.18. The molecular weight excluding hydrogens is 340 g/mol. The lowest BCUT2D eigenvalue weighted by atomic mass is 10.1. The summed E-state index contributed by atoms with van der Waals surface area (Å²) in [6.07, 6.45) is 0.620. The molecule has 21 heavy (non-hydrogen) atoms. The Bertz CT molecular complexity index is 611. The summed E-state index contributed by atoms with van der Waals surface area (Å²) in [5, 5.41) is 0. The molecule has 2 aromatic carbocycles. The molecule has 1 atom stereocenters. The number of nitrogens with two attached hydrogens (primary N) is 1. The Hall–Kier alpha value is -1.46. The highest BCUT2D eigenvalue weighted by Crippen LogP contribution is 2.31. The summed E-state index contributed by atoms with van der Waals surface area (Å²) in [5.74, 6) is -0.663. The molecule has 2 rings (SSSR count). The first-order chi connectivity index (χ1) is 9.99. The zero-order valence-corrected chi connectivity index (χ0v) is 13.2. The highest BCUT2D eigenvalue weighted by atomic mass is 79.9. The standard InChI is InChI=1S/C16H16BrF2NO/c1-10(20)8-11-4-2-5-13(17)16(11)21-9-12-14(18)6-3-7-15(12)19/h2-7,10H,8-9,20H2,1H3. The zero-order valence-electron chi connectivity index (χ0n) is 11.6. The molecule has 0 aromatic heterocycles. The highest BCUT2D eigenvalue weighted by Gasteiger charge is 2.13. The lowest BCUT2D eigenvalue weighted by Gasteiger charge is -2.15. The van der Waals surface area contributed by atoms with Crippen molar-refractivity contribution in [1.82, 2.24) is 0 Å². The number of hydrogen-bond acceptors (Lipinski definition) is 2. The first-order valence-corrected chi connectivity index (χ1v) is 7.37. The first-order valence-electron chi connectivity index (χ1n) is 6.57. The van der Waals surface area contributed by atoms with Crippen LogP contribution in [0, 0.1) is 11.6 Å². The summed E-state index contributed by atoms with van der Waals surface area (Å²) < 4.78 is 33.6. The van der Waals surface area contributed by atoms with Gasteiger partial charge < -0.3 is 10.5 Å². The third-order valence-electron chi connectivity index (χ3n) is 3.01. The van der Waals surface area contributed by atoms with Crippen LogP contribution in [0.3, 0.4) is 0 Å². The van der Waals surface area contributed by atoms with Crippen LogP contribution in [-0.2, 0) is 13.0 Å². The maximum atomic E-state index is 13.6. The van der Waals surface area contributed by atoms with Crippen LogP contribution in [-0.4, -0.2) is 6.04 Å². The summed E-state index contributed by atoms with van der Waals surface area (Å²) in [4.78, 5) is 0. The van der Waals surface area contributed by atoms with Crippen LogP contribution in [0.25, 0.3) is 0 Å². The fraction of sp³-hybridized carbons (Fsp3) is 0.250. The SMILES string of the molecule is CC(N)Cc1cccc(Br)c1OCc1c(F)cccc1F. The van der Waals surface area contributed by atoms with Crippen molar-refractivity contribution in [2.45, 2.75) is 26.0 Å². The van der Waals surface area contributed by atoms with Crippen LogP contribution in [0.1, 0.15) is 18.1 Å². The third kappa shape index (κ3) is 4.02. The van der Waals surface area contributed by atoms with Crippen molar-refractivity contribution in [1.29, 1.82) is 0 Å². The molecule has 1 unspecified atom stereocenters. The fourth-order valence-corrected chi connectivity index (χ4v) is 2.56. The van der Waals surface area contributed by atoms with E-state index >= 15 is 0 Å². The van der Waals surface area contributed by atoms with Gasteiger partial charge in [-0.2, -0.15) is 0 Å². The summed E-state index contributed by atoms with van der Waals surface area (Å²) in [6, 6.07) is 9.30. The molecule has 0 aliphatic rings. The van der Waals surface area contributed by atoms with Gasteiger partial charge in [0.1, 0.15) is 24.0 Å². The minimum absolute atomic E-state index is 0.0353. The van der Waals surface area contributed by atoms with Crippen molar-refractivity contribution in [2.24, 2.45) is 5.73 Å². The van der Waals surface area contributed by atoms with Gasteiger partial charge in [-0.1, -0.05) is 18.2 Å². The maximum Gasteiger partial charge on any atom is 0.137 e. The Labute approximate surface area is 131 Å². The van der Waals surface area contributed by atoms with Gasteiger partial charge in [-0.3, -0.25) is 0 Å². The van der Waals surface area contributed by atoms with Gasteiger partial charge in [0.25, 0.3) is 0 Å². The summed E-state index contributed by atoms with van der Waals surface area (Å²) in [5.41, 5.74) is 6.62.